The molecule has 0 spiro atoms. The molecule has 100 valence electrons. The lowest BCUT2D eigenvalue weighted by atomic mass is 10.1. The Bertz CT molecular complexity index is 542. The van der Waals surface area contributed by atoms with Gasteiger partial charge in [-0.1, -0.05) is 15.9 Å². The van der Waals surface area contributed by atoms with Crippen LogP contribution in [0.2, 0.25) is 0 Å². The monoisotopic (exact) mass is 325 g/mol. The summed E-state index contributed by atoms with van der Waals surface area (Å²) in [6, 6.07) is 3.90. The maximum absolute atomic E-state index is 11.7. The number of carbonyl (C=O) groups excluding carboxylic acids is 2. The third kappa shape index (κ3) is 2.37. The van der Waals surface area contributed by atoms with Gasteiger partial charge in [0.15, 0.2) is 0 Å². The van der Waals surface area contributed by atoms with E-state index in [0.717, 1.165) is 27.8 Å². The smallest absolute Gasteiger partial charge is 0.255 e. The Balaban J connectivity index is 1.91. The molecule has 19 heavy (non-hydrogen) atoms. The average molecular weight is 326 g/mol. The first-order valence-electron chi connectivity index (χ1n) is 6.00. The lowest BCUT2D eigenvalue weighted by Crippen LogP contribution is -2.45. The summed E-state index contributed by atoms with van der Waals surface area (Å²) in [4.78, 5) is 24.7. The quantitative estimate of drug-likeness (QED) is 0.768. The van der Waals surface area contributed by atoms with Crippen LogP contribution in [0.4, 0.5) is 0 Å². The van der Waals surface area contributed by atoms with Crippen molar-refractivity contribution in [3.63, 3.8) is 0 Å². The minimum atomic E-state index is -0.303. The molecule has 0 aromatic heterocycles. The lowest BCUT2D eigenvalue weighted by molar-refractivity contribution is -0.159. The van der Waals surface area contributed by atoms with Crippen LogP contribution in [0.5, 0.6) is 5.75 Å². The van der Waals surface area contributed by atoms with Gasteiger partial charge in [0.05, 0.1) is 13.2 Å². The maximum atomic E-state index is 11.7. The van der Waals surface area contributed by atoms with Crippen LogP contribution in [0.25, 0.3) is 0 Å². The minimum Gasteiger partial charge on any atom is -0.493 e. The predicted octanol–water partition coefficient (Wildman–Crippen LogP) is 1.27. The van der Waals surface area contributed by atoms with Crippen LogP contribution in [0.1, 0.15) is 11.1 Å². The van der Waals surface area contributed by atoms with E-state index in [1.165, 1.54) is 4.90 Å². The highest BCUT2D eigenvalue weighted by Gasteiger charge is 2.28. The SMILES string of the molecule is O=C1COCC(=O)N1Cc1cc(Br)cc2c1OCC2. The Morgan fingerprint density at radius 2 is 1.95 bits per heavy atom. The summed E-state index contributed by atoms with van der Waals surface area (Å²) < 4.78 is 11.4. The number of imide groups is 1. The molecule has 2 heterocycles. The van der Waals surface area contributed by atoms with Gasteiger partial charge in [-0.2, -0.15) is 0 Å². The molecule has 1 saturated heterocycles. The van der Waals surface area contributed by atoms with Crippen molar-refractivity contribution in [2.24, 2.45) is 0 Å². The zero-order valence-electron chi connectivity index (χ0n) is 10.1. The third-order valence-electron chi connectivity index (χ3n) is 3.21. The summed E-state index contributed by atoms with van der Waals surface area (Å²) >= 11 is 3.44. The van der Waals surface area contributed by atoms with Crippen LogP contribution in [0, 0.1) is 0 Å². The van der Waals surface area contributed by atoms with Gasteiger partial charge in [-0.15, -0.1) is 0 Å². The van der Waals surface area contributed by atoms with Crippen LogP contribution < -0.4 is 4.74 Å². The number of amides is 2. The zero-order chi connectivity index (χ0) is 13.4. The standard InChI is InChI=1S/C13H12BrNO4/c14-10-3-8-1-2-19-13(8)9(4-10)5-15-11(16)6-18-7-12(15)17/h3-4H,1-2,5-7H2. The Kier molecular flexibility index (Phi) is 3.28. The summed E-state index contributed by atoms with van der Waals surface area (Å²) in [5, 5.41) is 0. The van der Waals surface area contributed by atoms with Crippen LogP contribution in [-0.2, 0) is 27.3 Å². The van der Waals surface area contributed by atoms with Crippen LogP contribution >= 0.6 is 15.9 Å². The first-order valence-corrected chi connectivity index (χ1v) is 6.79. The summed E-state index contributed by atoms with van der Waals surface area (Å²) in [6.07, 6.45) is 0.854. The fraction of sp³-hybridized carbons (Fsp3) is 0.385. The molecule has 1 aromatic rings. The maximum Gasteiger partial charge on any atom is 0.255 e. The van der Waals surface area contributed by atoms with E-state index < -0.39 is 0 Å². The number of hydrogen-bond acceptors (Lipinski definition) is 4. The fourth-order valence-electron chi connectivity index (χ4n) is 2.33. The van der Waals surface area contributed by atoms with Crippen LogP contribution in [0.15, 0.2) is 16.6 Å². The van der Waals surface area contributed by atoms with E-state index in [0.29, 0.717) is 6.61 Å². The number of ether oxygens (including phenoxy) is 2. The van der Waals surface area contributed by atoms with E-state index in [1.54, 1.807) is 0 Å². The molecule has 0 radical (unpaired) electrons. The predicted molar refractivity (Wildman–Crippen MR) is 69.7 cm³/mol. The van der Waals surface area contributed by atoms with Crippen molar-refractivity contribution >= 4 is 27.7 Å². The van der Waals surface area contributed by atoms with Crippen LogP contribution in [-0.4, -0.2) is 36.5 Å². The van der Waals surface area contributed by atoms with Crippen molar-refractivity contribution in [3.8, 4) is 5.75 Å². The summed E-state index contributed by atoms with van der Waals surface area (Å²) in [6.45, 7) is 0.804. The van der Waals surface area contributed by atoms with Gasteiger partial charge in [0.2, 0.25) is 0 Å². The summed E-state index contributed by atoms with van der Waals surface area (Å²) in [5.41, 5.74) is 1.96. The molecular weight excluding hydrogens is 314 g/mol. The highest BCUT2D eigenvalue weighted by molar-refractivity contribution is 9.10. The molecule has 6 heteroatoms. The second-order valence-electron chi connectivity index (χ2n) is 4.52. The first kappa shape index (κ1) is 12.6. The van der Waals surface area contributed by atoms with E-state index in [9.17, 15) is 9.59 Å². The van der Waals surface area contributed by atoms with E-state index >= 15 is 0 Å². The Morgan fingerprint density at radius 1 is 1.21 bits per heavy atom. The van der Waals surface area contributed by atoms with Gasteiger partial charge < -0.3 is 9.47 Å². The Labute approximate surface area is 118 Å². The average Bonchev–Trinajstić information content (AvgIpc) is 2.81. The zero-order valence-corrected chi connectivity index (χ0v) is 11.7. The fourth-order valence-corrected chi connectivity index (χ4v) is 2.88. The van der Waals surface area contributed by atoms with Gasteiger partial charge in [0.25, 0.3) is 11.8 Å². The normalized spacial score (nSPS) is 18.5. The summed E-state index contributed by atoms with van der Waals surface area (Å²) in [5.74, 6) is 0.196. The molecule has 0 N–H and O–H groups in total. The van der Waals surface area contributed by atoms with Crippen molar-refractivity contribution in [2.45, 2.75) is 13.0 Å². The Morgan fingerprint density at radius 3 is 2.68 bits per heavy atom. The number of nitrogens with zero attached hydrogens (tertiary/aromatic N) is 1. The largest absolute Gasteiger partial charge is 0.493 e. The van der Waals surface area contributed by atoms with Gasteiger partial charge in [0.1, 0.15) is 19.0 Å². The van der Waals surface area contributed by atoms with Crippen molar-refractivity contribution in [1.82, 2.24) is 4.90 Å². The van der Waals surface area contributed by atoms with Gasteiger partial charge in [-0.05, 0) is 17.7 Å². The molecule has 0 bridgehead atoms. The molecule has 2 aliphatic heterocycles. The molecule has 1 fully saturated rings. The van der Waals surface area contributed by atoms with Crippen LogP contribution in [0.3, 0.4) is 0 Å². The van der Waals surface area contributed by atoms with E-state index in [1.807, 2.05) is 12.1 Å². The highest BCUT2D eigenvalue weighted by atomic mass is 79.9. The van der Waals surface area contributed by atoms with Gasteiger partial charge in [-0.25, -0.2) is 0 Å². The number of rotatable bonds is 2. The number of morpholine rings is 1. The molecular formula is C13H12BrNO4. The van der Waals surface area contributed by atoms with E-state index in [4.69, 9.17) is 9.47 Å². The lowest BCUT2D eigenvalue weighted by Gasteiger charge is -2.25. The van der Waals surface area contributed by atoms with Gasteiger partial charge >= 0.3 is 0 Å². The van der Waals surface area contributed by atoms with Gasteiger partial charge in [-0.3, -0.25) is 14.5 Å². The number of halogens is 1. The molecule has 3 rings (SSSR count). The molecule has 0 atom stereocenters. The number of fused-ring (bicyclic) bond motifs is 1. The second kappa shape index (κ2) is 4.94. The highest BCUT2D eigenvalue weighted by Crippen LogP contribution is 2.33. The molecule has 1 aromatic carbocycles. The van der Waals surface area contributed by atoms with E-state index in [-0.39, 0.29) is 31.6 Å². The second-order valence-corrected chi connectivity index (χ2v) is 5.43. The van der Waals surface area contributed by atoms with Crippen molar-refractivity contribution < 1.29 is 19.1 Å². The van der Waals surface area contributed by atoms with Gasteiger partial charge in [0, 0.05) is 16.5 Å². The topological polar surface area (TPSA) is 55.8 Å². The number of benzene rings is 1. The van der Waals surface area contributed by atoms with Crippen molar-refractivity contribution in [1.29, 1.82) is 0 Å². The molecule has 2 aliphatic rings. The molecule has 2 amide bonds. The third-order valence-corrected chi connectivity index (χ3v) is 3.66. The Hall–Kier alpha value is -1.40. The number of hydrogen-bond donors (Lipinski definition) is 0. The first-order chi connectivity index (χ1) is 9.15. The molecule has 0 unspecified atom stereocenters. The molecule has 5 nitrogen and oxygen atoms in total. The van der Waals surface area contributed by atoms with E-state index in [2.05, 4.69) is 15.9 Å². The molecule has 0 saturated carbocycles. The number of carbonyl (C=O) groups is 2. The molecule has 0 aliphatic carbocycles. The summed E-state index contributed by atoms with van der Waals surface area (Å²) in [7, 11) is 0. The van der Waals surface area contributed by atoms with Crippen molar-refractivity contribution in [2.75, 3.05) is 19.8 Å². The van der Waals surface area contributed by atoms with Crippen molar-refractivity contribution in [3.05, 3.63) is 27.7 Å². The minimum absolute atomic E-state index is 0.0389.